The molecule has 1 aliphatic carbocycles. The minimum atomic E-state index is 0. The first-order valence-corrected chi connectivity index (χ1v) is 9.57. The Kier molecular flexibility index (Phi) is 10.3. The highest BCUT2D eigenvalue weighted by Gasteiger charge is 2.11. The van der Waals surface area contributed by atoms with Gasteiger partial charge in [0.15, 0.2) is 5.16 Å². The van der Waals surface area contributed by atoms with Crippen LogP contribution in [0.25, 0.3) is 0 Å². The third-order valence-corrected chi connectivity index (χ3v) is 4.88. The van der Waals surface area contributed by atoms with Crippen molar-refractivity contribution < 1.29 is 4.79 Å². The Morgan fingerprint density at radius 1 is 1.12 bits per heavy atom. The molecule has 0 radical (unpaired) electrons. The normalized spacial score (nSPS) is 15.4. The fourth-order valence-electron chi connectivity index (χ4n) is 2.90. The monoisotopic (exact) mass is 372 g/mol. The number of nitrogens with one attached hydrogen (secondary N) is 2. The molecule has 0 aliphatic heterocycles. The van der Waals surface area contributed by atoms with Gasteiger partial charge in [0.1, 0.15) is 0 Å². The van der Waals surface area contributed by atoms with Crippen LogP contribution in [0.2, 0.25) is 0 Å². The second-order valence-electron chi connectivity index (χ2n) is 6.21. The number of amides is 1. The van der Waals surface area contributed by atoms with Crippen molar-refractivity contribution in [3.8, 4) is 0 Å². The summed E-state index contributed by atoms with van der Waals surface area (Å²) >= 11 is 1.39. The summed E-state index contributed by atoms with van der Waals surface area (Å²) in [6.07, 6.45) is 7.94. The summed E-state index contributed by atoms with van der Waals surface area (Å²) in [7, 11) is 0. The summed E-state index contributed by atoms with van der Waals surface area (Å²) in [5.74, 6) is 0.409. The number of carbonyl (C=O) groups is 1. The smallest absolute Gasteiger partial charge is 0.230 e. The van der Waals surface area contributed by atoms with Gasteiger partial charge in [-0.2, -0.15) is 0 Å². The lowest BCUT2D eigenvalue weighted by molar-refractivity contribution is -0.118. The van der Waals surface area contributed by atoms with Gasteiger partial charge in [-0.25, -0.2) is 9.97 Å². The molecule has 0 bridgehead atoms. The number of aromatic nitrogens is 2. The molecule has 1 heterocycles. The highest BCUT2D eigenvalue weighted by Crippen LogP contribution is 2.17. The number of carbonyl (C=O) groups excluding carboxylic acids is 1. The summed E-state index contributed by atoms with van der Waals surface area (Å²) in [4.78, 5) is 20.5. The molecule has 1 saturated carbocycles. The predicted molar refractivity (Wildman–Crippen MR) is 102 cm³/mol. The third kappa shape index (κ3) is 8.31. The van der Waals surface area contributed by atoms with Crippen LogP contribution in [0.15, 0.2) is 11.2 Å². The molecule has 1 aliphatic rings. The van der Waals surface area contributed by atoms with Crippen LogP contribution in [0.5, 0.6) is 0 Å². The van der Waals surface area contributed by atoms with Gasteiger partial charge in [0, 0.05) is 30.5 Å². The Balaban J connectivity index is 0.00000288. The highest BCUT2D eigenvalue weighted by atomic mass is 35.5. The molecule has 24 heavy (non-hydrogen) atoms. The van der Waals surface area contributed by atoms with Crippen molar-refractivity contribution in [2.45, 2.75) is 63.6 Å². The van der Waals surface area contributed by atoms with Crippen LogP contribution in [0.3, 0.4) is 0 Å². The molecule has 5 nitrogen and oxygen atoms in total. The molecular weight excluding hydrogens is 344 g/mol. The van der Waals surface area contributed by atoms with Crippen molar-refractivity contribution >= 4 is 30.1 Å². The molecule has 2 N–H and O–H groups in total. The van der Waals surface area contributed by atoms with Gasteiger partial charge in [-0.15, -0.1) is 12.4 Å². The van der Waals surface area contributed by atoms with E-state index in [4.69, 9.17) is 0 Å². The SMILES string of the molecule is Cc1cc(C)nc(SCC(=O)NCCNC2CCCCCC2)n1.Cl. The predicted octanol–water partition coefficient (Wildman–Crippen LogP) is 3.04. The number of nitrogens with zero attached hydrogens (tertiary/aromatic N) is 2. The summed E-state index contributed by atoms with van der Waals surface area (Å²) < 4.78 is 0. The van der Waals surface area contributed by atoms with E-state index in [1.54, 1.807) is 0 Å². The highest BCUT2D eigenvalue weighted by molar-refractivity contribution is 7.99. The van der Waals surface area contributed by atoms with Crippen LogP contribution in [-0.2, 0) is 4.79 Å². The molecule has 1 amide bonds. The maximum absolute atomic E-state index is 11.9. The summed E-state index contributed by atoms with van der Waals surface area (Å²) in [5.41, 5.74) is 1.88. The number of rotatable bonds is 7. The Morgan fingerprint density at radius 3 is 2.38 bits per heavy atom. The van der Waals surface area contributed by atoms with E-state index in [-0.39, 0.29) is 18.3 Å². The molecule has 1 aromatic rings. The van der Waals surface area contributed by atoms with E-state index >= 15 is 0 Å². The zero-order valence-corrected chi connectivity index (χ0v) is 16.3. The number of thioether (sulfide) groups is 1. The molecule has 0 unspecified atom stereocenters. The third-order valence-electron chi connectivity index (χ3n) is 4.03. The lowest BCUT2D eigenvalue weighted by Crippen LogP contribution is -2.37. The van der Waals surface area contributed by atoms with Gasteiger partial charge < -0.3 is 10.6 Å². The van der Waals surface area contributed by atoms with E-state index in [0.29, 0.717) is 23.5 Å². The number of hydrogen-bond acceptors (Lipinski definition) is 5. The average molecular weight is 373 g/mol. The summed E-state index contributed by atoms with van der Waals surface area (Å²) in [6.45, 7) is 5.42. The van der Waals surface area contributed by atoms with Crippen molar-refractivity contribution in [3.63, 3.8) is 0 Å². The second-order valence-corrected chi connectivity index (χ2v) is 7.16. The first kappa shape index (κ1) is 21.2. The van der Waals surface area contributed by atoms with Crippen LogP contribution >= 0.6 is 24.2 Å². The zero-order chi connectivity index (χ0) is 16.5. The molecular formula is C17H29ClN4OS. The van der Waals surface area contributed by atoms with Gasteiger partial charge in [0.25, 0.3) is 0 Å². The number of aryl methyl sites for hydroxylation is 2. The Morgan fingerprint density at radius 2 is 1.75 bits per heavy atom. The van der Waals surface area contributed by atoms with Gasteiger partial charge in [-0.1, -0.05) is 37.4 Å². The maximum atomic E-state index is 11.9. The molecule has 0 saturated heterocycles. The summed E-state index contributed by atoms with van der Waals surface area (Å²) in [5, 5.41) is 7.19. The maximum Gasteiger partial charge on any atom is 0.230 e. The number of halogens is 1. The van der Waals surface area contributed by atoms with Gasteiger partial charge in [0.2, 0.25) is 5.91 Å². The standard InChI is InChI=1S/C17H28N4OS.ClH/c1-13-11-14(2)21-17(20-13)23-12-16(22)19-10-9-18-15-7-5-3-4-6-8-15;/h11,15,18H,3-10,12H2,1-2H3,(H,19,22);1H. The first-order chi connectivity index (χ1) is 11.1. The molecule has 1 aromatic heterocycles. The fraction of sp³-hybridized carbons (Fsp3) is 0.706. The topological polar surface area (TPSA) is 66.9 Å². The molecule has 0 spiro atoms. The van der Waals surface area contributed by atoms with Crippen molar-refractivity contribution in [1.82, 2.24) is 20.6 Å². The first-order valence-electron chi connectivity index (χ1n) is 8.58. The van der Waals surface area contributed by atoms with E-state index in [0.717, 1.165) is 17.9 Å². The molecule has 0 aromatic carbocycles. The average Bonchev–Trinajstić information content (AvgIpc) is 2.77. The number of hydrogen-bond donors (Lipinski definition) is 2. The van der Waals surface area contributed by atoms with Crippen LogP contribution in [0, 0.1) is 13.8 Å². The lowest BCUT2D eigenvalue weighted by atomic mass is 10.1. The van der Waals surface area contributed by atoms with Crippen LogP contribution in [0.4, 0.5) is 0 Å². The molecule has 0 atom stereocenters. The van der Waals surface area contributed by atoms with E-state index in [1.165, 1.54) is 50.3 Å². The Bertz CT molecular complexity index is 487. The minimum absolute atomic E-state index is 0. The fourth-order valence-corrected chi connectivity index (χ4v) is 3.68. The summed E-state index contributed by atoms with van der Waals surface area (Å²) in [6, 6.07) is 2.57. The largest absolute Gasteiger partial charge is 0.354 e. The van der Waals surface area contributed by atoms with E-state index in [2.05, 4.69) is 20.6 Å². The van der Waals surface area contributed by atoms with Crippen LogP contribution < -0.4 is 10.6 Å². The van der Waals surface area contributed by atoms with E-state index < -0.39 is 0 Å². The van der Waals surface area contributed by atoms with Gasteiger partial charge >= 0.3 is 0 Å². The van der Waals surface area contributed by atoms with Crippen molar-refractivity contribution in [2.24, 2.45) is 0 Å². The molecule has 1 fully saturated rings. The van der Waals surface area contributed by atoms with Gasteiger partial charge in [-0.05, 0) is 32.8 Å². The Hall–Kier alpha value is -0.850. The van der Waals surface area contributed by atoms with Crippen LogP contribution in [0.1, 0.15) is 49.9 Å². The molecule has 7 heteroatoms. The van der Waals surface area contributed by atoms with E-state index in [1.807, 2.05) is 19.9 Å². The van der Waals surface area contributed by atoms with Crippen molar-refractivity contribution in [1.29, 1.82) is 0 Å². The van der Waals surface area contributed by atoms with Crippen molar-refractivity contribution in [2.75, 3.05) is 18.8 Å². The quantitative estimate of drug-likeness (QED) is 0.333. The zero-order valence-electron chi connectivity index (χ0n) is 14.6. The second kappa shape index (κ2) is 11.7. The van der Waals surface area contributed by atoms with Gasteiger partial charge in [0.05, 0.1) is 5.75 Å². The lowest BCUT2D eigenvalue weighted by Gasteiger charge is -2.16. The Labute approximate surface area is 155 Å². The van der Waals surface area contributed by atoms with Gasteiger partial charge in [-0.3, -0.25) is 4.79 Å². The molecule has 136 valence electrons. The van der Waals surface area contributed by atoms with E-state index in [9.17, 15) is 4.79 Å². The minimum Gasteiger partial charge on any atom is -0.354 e. The molecule has 2 rings (SSSR count). The van der Waals surface area contributed by atoms with Crippen molar-refractivity contribution in [3.05, 3.63) is 17.5 Å². The van der Waals surface area contributed by atoms with Crippen LogP contribution in [-0.4, -0.2) is 40.8 Å².